The van der Waals surface area contributed by atoms with Crippen LogP contribution in [0.25, 0.3) is 0 Å². The maximum atomic E-state index is 12.1. The summed E-state index contributed by atoms with van der Waals surface area (Å²) in [4.78, 5) is 15.9. The minimum absolute atomic E-state index is 0.126. The quantitative estimate of drug-likeness (QED) is 0.610. The van der Waals surface area contributed by atoms with Crippen molar-refractivity contribution in [3.63, 3.8) is 0 Å². The standard InChI is InChI=1S/C11H8Cl2N2O/c1-15-4-2-3-8(15)11(16)7-5-9(12)14-10(13)6-7/h2-6H,1H3. The summed E-state index contributed by atoms with van der Waals surface area (Å²) in [5.41, 5.74) is 1.02. The summed E-state index contributed by atoms with van der Waals surface area (Å²) in [5.74, 6) is -0.126. The third kappa shape index (κ3) is 2.10. The number of ketones is 1. The highest BCUT2D eigenvalue weighted by Crippen LogP contribution is 2.17. The molecule has 2 aromatic heterocycles. The number of pyridine rings is 1. The first-order valence-electron chi connectivity index (χ1n) is 4.57. The molecule has 0 amide bonds. The average molecular weight is 255 g/mol. The predicted molar refractivity (Wildman–Crippen MR) is 63.1 cm³/mol. The fourth-order valence-corrected chi connectivity index (χ4v) is 1.90. The van der Waals surface area contributed by atoms with E-state index in [0.29, 0.717) is 11.3 Å². The van der Waals surface area contributed by atoms with Gasteiger partial charge in [0, 0.05) is 18.8 Å². The summed E-state index contributed by atoms with van der Waals surface area (Å²) < 4.78 is 1.74. The molecule has 2 rings (SSSR count). The molecule has 0 fully saturated rings. The molecule has 2 heterocycles. The van der Waals surface area contributed by atoms with Crippen LogP contribution >= 0.6 is 23.2 Å². The molecule has 0 aliphatic rings. The van der Waals surface area contributed by atoms with Crippen LogP contribution in [0, 0.1) is 0 Å². The van der Waals surface area contributed by atoms with Crippen LogP contribution in [0.3, 0.4) is 0 Å². The van der Waals surface area contributed by atoms with Gasteiger partial charge < -0.3 is 4.57 Å². The first-order valence-corrected chi connectivity index (χ1v) is 5.32. The van der Waals surface area contributed by atoms with E-state index in [2.05, 4.69) is 4.98 Å². The zero-order valence-corrected chi connectivity index (χ0v) is 9.96. The predicted octanol–water partition coefficient (Wildman–Crippen LogP) is 2.96. The fourth-order valence-electron chi connectivity index (χ4n) is 1.44. The van der Waals surface area contributed by atoms with E-state index in [0.717, 1.165) is 0 Å². The summed E-state index contributed by atoms with van der Waals surface area (Å²) in [6.45, 7) is 0. The number of nitrogens with zero attached hydrogens (tertiary/aromatic N) is 2. The smallest absolute Gasteiger partial charge is 0.209 e. The molecule has 3 nitrogen and oxygen atoms in total. The van der Waals surface area contributed by atoms with Crippen molar-refractivity contribution in [2.75, 3.05) is 0 Å². The Balaban J connectivity index is 2.45. The molecule has 0 aliphatic heterocycles. The summed E-state index contributed by atoms with van der Waals surface area (Å²) in [7, 11) is 1.80. The van der Waals surface area contributed by atoms with Crippen molar-refractivity contribution in [3.05, 3.63) is 52.0 Å². The normalized spacial score (nSPS) is 10.4. The van der Waals surface area contributed by atoms with Crippen molar-refractivity contribution in [2.45, 2.75) is 0 Å². The molecule has 5 heteroatoms. The Kier molecular flexibility index (Phi) is 2.99. The van der Waals surface area contributed by atoms with Crippen LogP contribution in [0.2, 0.25) is 10.3 Å². The summed E-state index contributed by atoms with van der Waals surface area (Å²) in [6, 6.07) is 6.55. The molecular formula is C11H8Cl2N2O. The maximum absolute atomic E-state index is 12.1. The van der Waals surface area contributed by atoms with E-state index in [4.69, 9.17) is 23.2 Å². The van der Waals surface area contributed by atoms with E-state index in [9.17, 15) is 4.79 Å². The maximum Gasteiger partial charge on any atom is 0.209 e. The molecule has 0 atom stereocenters. The Morgan fingerprint density at radius 2 is 1.94 bits per heavy atom. The topological polar surface area (TPSA) is 34.9 Å². The second-order valence-electron chi connectivity index (χ2n) is 3.33. The van der Waals surface area contributed by atoms with Crippen LogP contribution in [-0.4, -0.2) is 15.3 Å². The molecule has 0 saturated carbocycles. The third-order valence-electron chi connectivity index (χ3n) is 2.20. The zero-order valence-electron chi connectivity index (χ0n) is 8.45. The van der Waals surface area contributed by atoms with Crippen LogP contribution in [0.1, 0.15) is 16.1 Å². The number of halogens is 2. The van der Waals surface area contributed by atoms with Gasteiger partial charge in [-0.15, -0.1) is 0 Å². The number of carbonyl (C=O) groups excluding carboxylic acids is 1. The molecule has 0 N–H and O–H groups in total. The summed E-state index contributed by atoms with van der Waals surface area (Å²) in [5, 5.41) is 0.426. The lowest BCUT2D eigenvalue weighted by atomic mass is 10.1. The van der Waals surface area contributed by atoms with Gasteiger partial charge in [-0.05, 0) is 24.3 Å². The van der Waals surface area contributed by atoms with Gasteiger partial charge in [-0.1, -0.05) is 23.2 Å². The van der Waals surface area contributed by atoms with E-state index < -0.39 is 0 Å². The van der Waals surface area contributed by atoms with Crippen LogP contribution in [0.15, 0.2) is 30.5 Å². The second-order valence-corrected chi connectivity index (χ2v) is 4.11. The van der Waals surface area contributed by atoms with E-state index >= 15 is 0 Å². The van der Waals surface area contributed by atoms with Gasteiger partial charge in [-0.25, -0.2) is 4.98 Å². The zero-order chi connectivity index (χ0) is 11.7. The molecule has 2 aromatic rings. The molecular weight excluding hydrogens is 247 g/mol. The van der Waals surface area contributed by atoms with Gasteiger partial charge in [0.25, 0.3) is 0 Å². The minimum Gasteiger partial charge on any atom is -0.348 e. The van der Waals surface area contributed by atoms with Gasteiger partial charge in [0.1, 0.15) is 10.3 Å². The highest BCUT2D eigenvalue weighted by Gasteiger charge is 2.13. The van der Waals surface area contributed by atoms with Gasteiger partial charge in [0.2, 0.25) is 5.78 Å². The van der Waals surface area contributed by atoms with Crippen molar-refractivity contribution < 1.29 is 4.79 Å². The van der Waals surface area contributed by atoms with Gasteiger partial charge in [0.15, 0.2) is 0 Å². The first kappa shape index (κ1) is 11.2. The minimum atomic E-state index is -0.126. The summed E-state index contributed by atoms with van der Waals surface area (Å²) in [6.07, 6.45) is 1.80. The lowest BCUT2D eigenvalue weighted by molar-refractivity contribution is 0.103. The Labute approximate surface area is 103 Å². The Hall–Kier alpha value is -1.32. The lowest BCUT2D eigenvalue weighted by Crippen LogP contribution is -2.07. The number of carbonyl (C=O) groups is 1. The fraction of sp³-hybridized carbons (Fsp3) is 0.0909. The van der Waals surface area contributed by atoms with Gasteiger partial charge in [-0.3, -0.25) is 4.79 Å². The Morgan fingerprint density at radius 1 is 1.31 bits per heavy atom. The molecule has 0 spiro atoms. The highest BCUT2D eigenvalue weighted by molar-refractivity contribution is 6.33. The molecule has 0 bridgehead atoms. The number of aromatic nitrogens is 2. The van der Waals surface area contributed by atoms with Crippen LogP contribution in [0.5, 0.6) is 0 Å². The third-order valence-corrected chi connectivity index (χ3v) is 2.59. The van der Waals surface area contributed by atoms with Crippen LogP contribution in [0.4, 0.5) is 0 Å². The van der Waals surface area contributed by atoms with E-state index in [1.807, 2.05) is 0 Å². The van der Waals surface area contributed by atoms with Crippen LogP contribution < -0.4 is 0 Å². The van der Waals surface area contributed by atoms with E-state index in [1.54, 1.807) is 29.9 Å². The molecule has 0 radical (unpaired) electrons. The van der Waals surface area contributed by atoms with Crippen molar-refractivity contribution in [2.24, 2.45) is 7.05 Å². The molecule has 16 heavy (non-hydrogen) atoms. The average Bonchev–Trinajstić information content (AvgIpc) is 2.62. The van der Waals surface area contributed by atoms with Crippen molar-refractivity contribution >= 4 is 29.0 Å². The molecule has 82 valence electrons. The van der Waals surface area contributed by atoms with Gasteiger partial charge >= 0.3 is 0 Å². The molecule has 0 saturated heterocycles. The number of rotatable bonds is 2. The Morgan fingerprint density at radius 3 is 2.44 bits per heavy atom. The molecule has 0 aromatic carbocycles. The largest absolute Gasteiger partial charge is 0.348 e. The highest BCUT2D eigenvalue weighted by atomic mass is 35.5. The lowest BCUT2D eigenvalue weighted by Gasteiger charge is -2.03. The van der Waals surface area contributed by atoms with Crippen molar-refractivity contribution in [1.82, 2.24) is 9.55 Å². The number of hydrogen-bond acceptors (Lipinski definition) is 2. The van der Waals surface area contributed by atoms with E-state index in [1.165, 1.54) is 12.1 Å². The number of aryl methyl sites for hydroxylation is 1. The van der Waals surface area contributed by atoms with Gasteiger partial charge in [-0.2, -0.15) is 0 Å². The first-order chi connectivity index (χ1) is 7.58. The van der Waals surface area contributed by atoms with Gasteiger partial charge in [0.05, 0.1) is 5.69 Å². The van der Waals surface area contributed by atoms with Crippen molar-refractivity contribution in [3.8, 4) is 0 Å². The van der Waals surface area contributed by atoms with Crippen LogP contribution in [-0.2, 0) is 7.05 Å². The molecule has 0 aliphatic carbocycles. The van der Waals surface area contributed by atoms with E-state index in [-0.39, 0.29) is 16.1 Å². The second kappa shape index (κ2) is 4.28. The summed E-state index contributed by atoms with van der Waals surface area (Å²) >= 11 is 11.5. The monoisotopic (exact) mass is 254 g/mol. The Bertz CT molecular complexity index is 528. The SMILES string of the molecule is Cn1cccc1C(=O)c1cc(Cl)nc(Cl)c1. The van der Waals surface area contributed by atoms with Crippen molar-refractivity contribution in [1.29, 1.82) is 0 Å². The molecule has 0 unspecified atom stereocenters. The number of hydrogen-bond donors (Lipinski definition) is 0.